The van der Waals surface area contributed by atoms with E-state index in [2.05, 4.69) is 5.32 Å². The van der Waals surface area contributed by atoms with E-state index in [0.29, 0.717) is 9.88 Å². The lowest BCUT2D eigenvalue weighted by Gasteiger charge is -2.33. The van der Waals surface area contributed by atoms with Gasteiger partial charge in [-0.1, -0.05) is 12.1 Å². The van der Waals surface area contributed by atoms with Gasteiger partial charge in [-0.15, -0.1) is 11.3 Å². The third kappa shape index (κ3) is 4.18. The first-order chi connectivity index (χ1) is 12.8. The average molecular weight is 411 g/mol. The number of thiophene rings is 1. The van der Waals surface area contributed by atoms with Crippen molar-refractivity contribution in [2.45, 2.75) is 11.8 Å². The van der Waals surface area contributed by atoms with Gasteiger partial charge in [-0.05, 0) is 24.3 Å². The summed E-state index contributed by atoms with van der Waals surface area (Å²) in [5.41, 5.74) is 0. The van der Waals surface area contributed by atoms with Crippen LogP contribution in [0.5, 0.6) is 0 Å². The molecule has 0 radical (unpaired) electrons. The summed E-state index contributed by atoms with van der Waals surface area (Å²) in [6.07, 6.45) is 0. The van der Waals surface area contributed by atoms with E-state index in [9.17, 15) is 22.4 Å². The zero-order valence-corrected chi connectivity index (χ0v) is 16.1. The molecule has 144 valence electrons. The van der Waals surface area contributed by atoms with Gasteiger partial charge in [0.1, 0.15) is 10.7 Å². The molecule has 0 aliphatic carbocycles. The van der Waals surface area contributed by atoms with Gasteiger partial charge in [-0.25, -0.2) is 12.8 Å². The molecule has 1 N–H and O–H groups in total. The van der Waals surface area contributed by atoms with E-state index in [0.717, 1.165) is 17.4 Å². The quantitative estimate of drug-likeness (QED) is 0.834. The lowest BCUT2D eigenvalue weighted by atomic mass is 10.3. The first-order valence-corrected chi connectivity index (χ1v) is 10.5. The van der Waals surface area contributed by atoms with Crippen LogP contribution in [0.1, 0.15) is 16.6 Å². The van der Waals surface area contributed by atoms with Crippen molar-refractivity contribution in [1.82, 2.24) is 9.21 Å². The molecule has 0 atom stereocenters. The Morgan fingerprint density at radius 1 is 1.07 bits per heavy atom. The molecule has 1 aliphatic rings. The van der Waals surface area contributed by atoms with Gasteiger partial charge < -0.3 is 10.2 Å². The van der Waals surface area contributed by atoms with Crippen LogP contribution in [0, 0.1) is 5.82 Å². The molecule has 2 aromatic rings. The van der Waals surface area contributed by atoms with Crippen molar-refractivity contribution in [2.75, 3.05) is 31.5 Å². The van der Waals surface area contributed by atoms with E-state index in [1.54, 1.807) is 17.0 Å². The van der Waals surface area contributed by atoms with Crippen LogP contribution in [0.15, 0.2) is 41.3 Å². The van der Waals surface area contributed by atoms with Crippen molar-refractivity contribution in [3.8, 4) is 0 Å². The Kier molecular flexibility index (Phi) is 5.59. The van der Waals surface area contributed by atoms with Crippen molar-refractivity contribution in [3.05, 3.63) is 47.1 Å². The van der Waals surface area contributed by atoms with Crippen molar-refractivity contribution in [3.63, 3.8) is 0 Å². The number of carbonyl (C=O) groups excluding carboxylic acids is 2. The summed E-state index contributed by atoms with van der Waals surface area (Å²) < 4.78 is 40.3. The molecule has 1 fully saturated rings. The summed E-state index contributed by atoms with van der Waals surface area (Å²) in [4.78, 5) is 25.3. The van der Waals surface area contributed by atoms with Crippen LogP contribution in [0.3, 0.4) is 0 Å². The second-order valence-corrected chi connectivity index (χ2v) is 8.96. The maximum atomic E-state index is 13.9. The van der Waals surface area contributed by atoms with Crippen LogP contribution in [0.2, 0.25) is 0 Å². The van der Waals surface area contributed by atoms with Crippen LogP contribution in [0.25, 0.3) is 0 Å². The van der Waals surface area contributed by atoms with Crippen LogP contribution in [0.4, 0.5) is 9.39 Å². The summed E-state index contributed by atoms with van der Waals surface area (Å²) in [6.45, 7) is 1.98. The number of amides is 2. The van der Waals surface area contributed by atoms with Crippen LogP contribution >= 0.6 is 11.3 Å². The van der Waals surface area contributed by atoms with Crippen LogP contribution < -0.4 is 5.32 Å². The Morgan fingerprint density at radius 2 is 1.74 bits per heavy atom. The first kappa shape index (κ1) is 19.5. The summed E-state index contributed by atoms with van der Waals surface area (Å²) in [5.74, 6) is -1.23. The third-order valence-electron chi connectivity index (χ3n) is 4.10. The van der Waals surface area contributed by atoms with Crippen LogP contribution in [-0.4, -0.2) is 55.6 Å². The molecule has 1 saturated heterocycles. The molecule has 1 aromatic heterocycles. The highest BCUT2D eigenvalue weighted by Crippen LogP contribution is 2.25. The molecular weight excluding hydrogens is 393 g/mol. The van der Waals surface area contributed by atoms with E-state index >= 15 is 0 Å². The van der Waals surface area contributed by atoms with Gasteiger partial charge in [0.25, 0.3) is 5.91 Å². The zero-order chi connectivity index (χ0) is 19.6. The molecular formula is C17H18FN3O4S2. The van der Waals surface area contributed by atoms with E-state index in [1.807, 2.05) is 0 Å². The van der Waals surface area contributed by atoms with Gasteiger partial charge in [0.05, 0.1) is 9.88 Å². The van der Waals surface area contributed by atoms with Gasteiger partial charge in [-0.3, -0.25) is 9.59 Å². The topological polar surface area (TPSA) is 86.8 Å². The summed E-state index contributed by atoms with van der Waals surface area (Å²) in [7, 11) is -3.94. The number of hydrogen-bond acceptors (Lipinski definition) is 5. The summed E-state index contributed by atoms with van der Waals surface area (Å²) >= 11 is 1.16. The molecule has 2 amide bonds. The van der Waals surface area contributed by atoms with Gasteiger partial charge in [-0.2, -0.15) is 4.31 Å². The zero-order valence-electron chi connectivity index (χ0n) is 14.5. The molecule has 0 saturated carbocycles. The molecule has 7 nitrogen and oxygen atoms in total. The molecule has 0 bridgehead atoms. The molecule has 27 heavy (non-hydrogen) atoms. The molecule has 1 aromatic carbocycles. The number of halogens is 1. The molecule has 1 aliphatic heterocycles. The third-order valence-corrected chi connectivity index (χ3v) is 7.02. The van der Waals surface area contributed by atoms with Crippen LogP contribution in [-0.2, 0) is 14.8 Å². The van der Waals surface area contributed by atoms with Gasteiger partial charge in [0.2, 0.25) is 15.9 Å². The maximum absolute atomic E-state index is 13.9. The lowest BCUT2D eigenvalue weighted by molar-refractivity contribution is -0.114. The molecule has 0 spiro atoms. The molecule has 2 heterocycles. The maximum Gasteiger partial charge on any atom is 0.264 e. The second kappa shape index (κ2) is 7.75. The van der Waals surface area contributed by atoms with Gasteiger partial charge in [0, 0.05) is 33.1 Å². The normalized spacial score (nSPS) is 15.6. The Labute approximate surface area is 160 Å². The molecule has 3 rings (SSSR count). The summed E-state index contributed by atoms with van der Waals surface area (Å²) in [6, 6.07) is 8.52. The lowest BCUT2D eigenvalue weighted by Crippen LogP contribution is -2.50. The minimum Gasteiger partial charge on any atom is -0.335 e. The number of piperazine rings is 1. The fraction of sp³-hybridized carbons (Fsp3) is 0.294. The number of carbonyl (C=O) groups is 2. The van der Waals surface area contributed by atoms with E-state index < -0.39 is 15.8 Å². The Hall–Kier alpha value is -2.30. The highest BCUT2D eigenvalue weighted by Gasteiger charge is 2.32. The smallest absolute Gasteiger partial charge is 0.264 e. The predicted molar refractivity (Wildman–Crippen MR) is 99.7 cm³/mol. The number of anilines is 1. The van der Waals surface area contributed by atoms with Crippen molar-refractivity contribution < 1.29 is 22.4 Å². The number of nitrogens with one attached hydrogen (secondary N) is 1. The predicted octanol–water partition coefficient (Wildman–Crippen LogP) is 1.99. The highest BCUT2D eigenvalue weighted by atomic mass is 32.2. The van der Waals surface area contributed by atoms with Crippen molar-refractivity contribution in [2.24, 2.45) is 0 Å². The van der Waals surface area contributed by atoms with Gasteiger partial charge in [0.15, 0.2) is 0 Å². The fourth-order valence-corrected chi connectivity index (χ4v) is 5.18. The van der Waals surface area contributed by atoms with E-state index in [-0.39, 0.29) is 42.9 Å². The van der Waals surface area contributed by atoms with E-state index in [4.69, 9.17) is 0 Å². The highest BCUT2D eigenvalue weighted by molar-refractivity contribution is 7.89. The summed E-state index contributed by atoms with van der Waals surface area (Å²) in [5, 5.41) is 3.19. The average Bonchev–Trinajstić information content (AvgIpc) is 3.09. The molecule has 10 heteroatoms. The first-order valence-electron chi connectivity index (χ1n) is 8.20. The number of sulfonamides is 1. The van der Waals surface area contributed by atoms with Gasteiger partial charge >= 0.3 is 0 Å². The number of nitrogens with zero attached hydrogens (tertiary/aromatic N) is 2. The van der Waals surface area contributed by atoms with E-state index in [1.165, 1.54) is 29.4 Å². The Balaban J connectivity index is 1.66. The number of hydrogen-bond donors (Lipinski definition) is 1. The number of benzene rings is 1. The molecule has 0 unspecified atom stereocenters. The van der Waals surface area contributed by atoms with Crippen molar-refractivity contribution in [1.29, 1.82) is 0 Å². The largest absolute Gasteiger partial charge is 0.335 e. The number of rotatable bonds is 4. The minimum absolute atomic E-state index is 0.0896. The Morgan fingerprint density at radius 3 is 2.37 bits per heavy atom. The Bertz CT molecular complexity index is 966. The second-order valence-electron chi connectivity index (χ2n) is 5.97. The fourth-order valence-electron chi connectivity index (χ4n) is 2.77. The minimum atomic E-state index is -3.94. The van der Waals surface area contributed by atoms with Crippen molar-refractivity contribution >= 4 is 38.2 Å². The standard InChI is InChI=1S/C17H18FN3O4S2/c1-12(22)19-16-7-6-14(26-16)17(23)20-8-10-21(11-9-20)27(24,25)15-5-3-2-4-13(15)18/h2-7H,8-11H2,1H3,(H,19,22). The monoisotopic (exact) mass is 411 g/mol. The SMILES string of the molecule is CC(=O)Nc1ccc(C(=O)N2CCN(S(=O)(=O)c3ccccc3F)CC2)s1.